The molecule has 1 fully saturated rings. The number of unbranched alkanes of at least 4 members (excludes halogenated alkanes) is 2. The van der Waals surface area contributed by atoms with Crippen LogP contribution in [0.4, 0.5) is 5.82 Å². The van der Waals surface area contributed by atoms with Crippen molar-refractivity contribution < 1.29 is 0 Å². The summed E-state index contributed by atoms with van der Waals surface area (Å²) in [4.78, 5) is 6.88. The van der Waals surface area contributed by atoms with Gasteiger partial charge in [-0.1, -0.05) is 19.8 Å². The summed E-state index contributed by atoms with van der Waals surface area (Å²) in [6.07, 6.45) is 8.33. The molecule has 3 nitrogen and oxygen atoms in total. The maximum atomic E-state index is 4.59. The van der Waals surface area contributed by atoms with Gasteiger partial charge < -0.3 is 10.2 Å². The summed E-state index contributed by atoms with van der Waals surface area (Å²) >= 11 is 3.52. The lowest BCUT2D eigenvalue weighted by atomic mass is 10.2. The van der Waals surface area contributed by atoms with E-state index < -0.39 is 0 Å². The van der Waals surface area contributed by atoms with Crippen molar-refractivity contribution in [1.82, 2.24) is 10.3 Å². The molecule has 1 aromatic heterocycles. The van der Waals surface area contributed by atoms with E-state index in [-0.39, 0.29) is 0 Å². The summed E-state index contributed by atoms with van der Waals surface area (Å²) in [5.41, 5.74) is 1.29. The van der Waals surface area contributed by atoms with Gasteiger partial charge in [-0.25, -0.2) is 4.98 Å². The molecule has 0 bridgehead atoms. The average Bonchev–Trinajstić information content (AvgIpc) is 3.20. The van der Waals surface area contributed by atoms with E-state index in [4.69, 9.17) is 0 Å². The summed E-state index contributed by atoms with van der Waals surface area (Å²) in [7, 11) is 2.15. The molecule has 1 saturated carbocycles. The largest absolute Gasteiger partial charge is 0.359 e. The van der Waals surface area contributed by atoms with Crippen molar-refractivity contribution >= 4 is 21.7 Å². The third-order valence-corrected chi connectivity index (χ3v) is 3.96. The molecular formula is C15H24BrN3. The second kappa shape index (κ2) is 7.25. The Morgan fingerprint density at radius 3 is 2.89 bits per heavy atom. The monoisotopic (exact) mass is 325 g/mol. The van der Waals surface area contributed by atoms with Gasteiger partial charge >= 0.3 is 0 Å². The van der Waals surface area contributed by atoms with Crippen molar-refractivity contribution in [2.75, 3.05) is 18.5 Å². The van der Waals surface area contributed by atoms with Gasteiger partial charge in [0.05, 0.1) is 0 Å². The summed E-state index contributed by atoms with van der Waals surface area (Å²) < 4.78 is 1.06. The molecule has 0 unspecified atom stereocenters. The Morgan fingerprint density at radius 1 is 1.42 bits per heavy atom. The summed E-state index contributed by atoms with van der Waals surface area (Å²) in [6.45, 7) is 4.24. The van der Waals surface area contributed by atoms with Crippen molar-refractivity contribution in [3.8, 4) is 0 Å². The molecule has 0 aromatic carbocycles. The second-order valence-electron chi connectivity index (χ2n) is 5.42. The van der Waals surface area contributed by atoms with Gasteiger partial charge in [0.2, 0.25) is 0 Å². The predicted molar refractivity (Wildman–Crippen MR) is 84.6 cm³/mol. The number of pyridine rings is 1. The van der Waals surface area contributed by atoms with Crippen molar-refractivity contribution in [2.24, 2.45) is 0 Å². The number of aromatic nitrogens is 1. The van der Waals surface area contributed by atoms with Gasteiger partial charge in [0.25, 0.3) is 0 Å². The van der Waals surface area contributed by atoms with Gasteiger partial charge in [0.1, 0.15) is 5.82 Å². The van der Waals surface area contributed by atoms with Crippen LogP contribution in [0.5, 0.6) is 0 Å². The highest BCUT2D eigenvalue weighted by Crippen LogP contribution is 2.24. The van der Waals surface area contributed by atoms with Crippen LogP contribution in [0.2, 0.25) is 0 Å². The molecule has 0 radical (unpaired) electrons. The molecule has 1 aliphatic carbocycles. The highest BCUT2D eigenvalue weighted by atomic mass is 79.9. The molecule has 0 amide bonds. The quantitative estimate of drug-likeness (QED) is 0.738. The Balaban J connectivity index is 1.99. The van der Waals surface area contributed by atoms with E-state index in [1.54, 1.807) is 0 Å². The van der Waals surface area contributed by atoms with E-state index in [1.807, 2.05) is 6.20 Å². The predicted octanol–water partition coefficient (Wildman–Crippen LogP) is 3.72. The lowest BCUT2D eigenvalue weighted by Crippen LogP contribution is -2.24. The molecule has 0 atom stereocenters. The SMILES string of the molecule is CCCCCN(C)c1ncc(Br)cc1CNC1CC1. The minimum absolute atomic E-state index is 0.734. The fraction of sp³-hybridized carbons (Fsp3) is 0.667. The Labute approximate surface area is 124 Å². The molecule has 4 heteroatoms. The third-order valence-electron chi connectivity index (χ3n) is 3.53. The van der Waals surface area contributed by atoms with Crippen LogP contribution in [-0.2, 0) is 6.54 Å². The van der Waals surface area contributed by atoms with Gasteiger partial charge in [-0.2, -0.15) is 0 Å². The van der Waals surface area contributed by atoms with Crippen LogP contribution in [0.3, 0.4) is 0 Å². The number of nitrogens with zero attached hydrogens (tertiary/aromatic N) is 2. The first-order valence-electron chi connectivity index (χ1n) is 7.29. The Morgan fingerprint density at radius 2 is 2.21 bits per heavy atom. The van der Waals surface area contributed by atoms with Crippen LogP contribution in [0.25, 0.3) is 0 Å². The van der Waals surface area contributed by atoms with E-state index in [0.717, 1.165) is 29.4 Å². The smallest absolute Gasteiger partial charge is 0.132 e. The third kappa shape index (κ3) is 4.77. The maximum Gasteiger partial charge on any atom is 0.132 e. The van der Waals surface area contributed by atoms with Gasteiger partial charge in [-0.3, -0.25) is 0 Å². The van der Waals surface area contributed by atoms with Crippen LogP contribution in [0.15, 0.2) is 16.7 Å². The zero-order valence-electron chi connectivity index (χ0n) is 12.0. The lowest BCUT2D eigenvalue weighted by molar-refractivity contribution is 0.673. The fourth-order valence-corrected chi connectivity index (χ4v) is 2.57. The molecule has 0 saturated heterocycles. The topological polar surface area (TPSA) is 28.2 Å². The van der Waals surface area contributed by atoms with E-state index in [0.29, 0.717) is 0 Å². The van der Waals surface area contributed by atoms with Crippen molar-refractivity contribution in [1.29, 1.82) is 0 Å². The second-order valence-corrected chi connectivity index (χ2v) is 6.34. The molecule has 0 spiro atoms. The van der Waals surface area contributed by atoms with E-state index in [1.165, 1.54) is 37.7 Å². The number of anilines is 1. The molecule has 1 aromatic rings. The number of nitrogens with one attached hydrogen (secondary N) is 1. The minimum atomic E-state index is 0.734. The van der Waals surface area contributed by atoms with Crippen LogP contribution in [0.1, 0.15) is 44.6 Å². The zero-order valence-corrected chi connectivity index (χ0v) is 13.5. The van der Waals surface area contributed by atoms with E-state index in [9.17, 15) is 0 Å². The first-order chi connectivity index (χ1) is 9.20. The normalized spacial score (nSPS) is 14.7. The van der Waals surface area contributed by atoms with Crippen LogP contribution in [-0.4, -0.2) is 24.6 Å². The molecule has 1 heterocycles. The number of rotatable bonds is 8. The van der Waals surface area contributed by atoms with Crippen LogP contribution in [0, 0.1) is 0 Å². The van der Waals surface area contributed by atoms with Gasteiger partial charge in [0, 0.05) is 42.4 Å². The van der Waals surface area contributed by atoms with Crippen LogP contribution >= 0.6 is 15.9 Å². The number of hydrogen-bond donors (Lipinski definition) is 1. The summed E-state index contributed by atoms with van der Waals surface area (Å²) in [5, 5.41) is 3.58. The summed E-state index contributed by atoms with van der Waals surface area (Å²) in [5.74, 6) is 1.12. The molecule has 0 aliphatic heterocycles. The van der Waals surface area contributed by atoms with Gasteiger partial charge in [-0.05, 0) is 41.3 Å². The number of hydrogen-bond acceptors (Lipinski definition) is 3. The van der Waals surface area contributed by atoms with Gasteiger partial charge in [-0.15, -0.1) is 0 Å². The van der Waals surface area contributed by atoms with Gasteiger partial charge in [0.15, 0.2) is 0 Å². The maximum absolute atomic E-state index is 4.59. The lowest BCUT2D eigenvalue weighted by Gasteiger charge is -2.21. The summed E-state index contributed by atoms with van der Waals surface area (Å²) in [6, 6.07) is 2.92. The highest BCUT2D eigenvalue weighted by Gasteiger charge is 2.21. The van der Waals surface area contributed by atoms with Crippen molar-refractivity contribution in [3.05, 3.63) is 22.3 Å². The zero-order chi connectivity index (χ0) is 13.7. The van der Waals surface area contributed by atoms with Crippen molar-refractivity contribution in [3.63, 3.8) is 0 Å². The molecule has 2 rings (SSSR count). The van der Waals surface area contributed by atoms with E-state index in [2.05, 4.69) is 51.2 Å². The Bertz CT molecular complexity index is 404. The molecule has 19 heavy (non-hydrogen) atoms. The van der Waals surface area contributed by atoms with E-state index >= 15 is 0 Å². The number of halogens is 1. The fourth-order valence-electron chi connectivity index (χ4n) is 2.19. The standard InChI is InChI=1S/C15H24BrN3/c1-3-4-5-8-19(2)15-12(9-13(16)11-18-15)10-17-14-6-7-14/h9,11,14,17H,3-8,10H2,1-2H3. The molecule has 1 aliphatic rings. The van der Waals surface area contributed by atoms with Crippen molar-refractivity contribution in [2.45, 2.75) is 51.6 Å². The average molecular weight is 326 g/mol. The molecular weight excluding hydrogens is 302 g/mol. The van der Waals surface area contributed by atoms with Crippen LogP contribution < -0.4 is 10.2 Å². The first kappa shape index (κ1) is 14.8. The minimum Gasteiger partial charge on any atom is -0.359 e. The Kier molecular flexibility index (Phi) is 5.64. The Hall–Kier alpha value is -0.610. The first-order valence-corrected chi connectivity index (χ1v) is 8.09. The molecule has 106 valence electrons. The molecule has 1 N–H and O–H groups in total. The highest BCUT2D eigenvalue weighted by molar-refractivity contribution is 9.10.